The average molecular weight is 406 g/mol. The zero-order valence-electron chi connectivity index (χ0n) is 15.4. The van der Waals surface area contributed by atoms with E-state index in [2.05, 4.69) is 32.8 Å². The lowest BCUT2D eigenvalue weighted by atomic mass is 10.1. The first-order valence-electron chi connectivity index (χ1n) is 8.95. The molecular formula is C22H19N3OS2. The molecule has 4 rings (SSSR count). The quantitative estimate of drug-likeness (QED) is 0.456. The van der Waals surface area contributed by atoms with E-state index in [1.165, 1.54) is 0 Å². The molecule has 0 spiro atoms. The van der Waals surface area contributed by atoms with Gasteiger partial charge < -0.3 is 5.32 Å². The lowest BCUT2D eigenvalue weighted by molar-refractivity contribution is 0.0954. The molecule has 0 saturated carbocycles. The Bertz CT molecular complexity index is 1110. The van der Waals surface area contributed by atoms with Gasteiger partial charge in [-0.2, -0.15) is 0 Å². The van der Waals surface area contributed by atoms with E-state index in [-0.39, 0.29) is 5.91 Å². The van der Waals surface area contributed by atoms with Crippen molar-refractivity contribution in [2.24, 2.45) is 0 Å². The molecule has 2 heterocycles. The van der Waals surface area contributed by atoms with Gasteiger partial charge >= 0.3 is 0 Å². The van der Waals surface area contributed by atoms with Gasteiger partial charge in [0, 0.05) is 40.4 Å². The normalized spacial score (nSPS) is 10.9. The van der Waals surface area contributed by atoms with Crippen LogP contribution in [0.25, 0.3) is 22.2 Å². The summed E-state index contributed by atoms with van der Waals surface area (Å²) in [6, 6.07) is 18.0. The molecule has 0 unspecified atom stereocenters. The lowest BCUT2D eigenvalue weighted by Crippen LogP contribution is -2.25. The molecule has 1 amide bonds. The summed E-state index contributed by atoms with van der Waals surface area (Å²) in [6.45, 7) is 0.545. The fraction of sp³-hybridized carbons (Fsp3) is 0.136. The molecule has 1 N–H and O–H groups in total. The number of fused-ring (bicyclic) bond motifs is 1. The highest BCUT2D eigenvalue weighted by molar-refractivity contribution is 7.98. The van der Waals surface area contributed by atoms with Crippen LogP contribution >= 0.6 is 23.1 Å². The monoisotopic (exact) mass is 405 g/mol. The topological polar surface area (TPSA) is 54.9 Å². The largest absolute Gasteiger partial charge is 0.352 e. The van der Waals surface area contributed by atoms with Crippen molar-refractivity contribution in [3.8, 4) is 11.3 Å². The van der Waals surface area contributed by atoms with Crippen molar-refractivity contribution in [3.63, 3.8) is 0 Å². The summed E-state index contributed by atoms with van der Waals surface area (Å²) >= 11 is 3.28. The summed E-state index contributed by atoms with van der Waals surface area (Å²) in [7, 11) is 0. The van der Waals surface area contributed by atoms with Crippen LogP contribution in [0.1, 0.15) is 15.4 Å². The Morgan fingerprint density at radius 2 is 2.00 bits per heavy atom. The summed E-state index contributed by atoms with van der Waals surface area (Å²) in [6.07, 6.45) is 4.38. The number of thioether (sulfide) groups is 1. The van der Waals surface area contributed by atoms with Crippen LogP contribution in [-0.4, -0.2) is 28.7 Å². The number of thiazole rings is 1. The van der Waals surface area contributed by atoms with E-state index in [1.807, 2.05) is 48.7 Å². The molecule has 6 heteroatoms. The molecule has 4 aromatic rings. The van der Waals surface area contributed by atoms with E-state index in [1.54, 1.807) is 29.3 Å². The minimum Gasteiger partial charge on any atom is -0.352 e. The first-order valence-corrected chi connectivity index (χ1v) is 11.1. The number of pyridine rings is 1. The van der Waals surface area contributed by atoms with Crippen LogP contribution < -0.4 is 5.32 Å². The molecule has 0 atom stereocenters. The SMILES string of the molecule is CSc1cccc2cc(C(=O)NCCc3nc(-c4ccccc4)cs3)cnc12. The number of hydrogen-bond donors (Lipinski definition) is 1. The zero-order valence-corrected chi connectivity index (χ0v) is 17.0. The minimum absolute atomic E-state index is 0.108. The van der Waals surface area contributed by atoms with Crippen molar-refractivity contribution in [1.29, 1.82) is 0 Å². The highest BCUT2D eigenvalue weighted by atomic mass is 32.2. The molecule has 0 radical (unpaired) electrons. The molecule has 0 aliphatic heterocycles. The summed E-state index contributed by atoms with van der Waals surface area (Å²) in [5.41, 5.74) is 3.61. The predicted octanol–water partition coefficient (Wildman–Crippen LogP) is 5.05. The molecule has 2 aromatic heterocycles. The molecule has 28 heavy (non-hydrogen) atoms. The third-order valence-corrected chi connectivity index (χ3v) is 6.08. The second-order valence-corrected chi connectivity index (χ2v) is 8.05. The third kappa shape index (κ3) is 4.08. The molecular weight excluding hydrogens is 386 g/mol. The second kappa shape index (κ2) is 8.54. The Kier molecular flexibility index (Phi) is 5.69. The highest BCUT2D eigenvalue weighted by Gasteiger charge is 2.10. The maximum absolute atomic E-state index is 12.5. The van der Waals surface area contributed by atoms with Crippen molar-refractivity contribution >= 4 is 39.9 Å². The van der Waals surface area contributed by atoms with Crippen LogP contribution in [0.3, 0.4) is 0 Å². The number of benzene rings is 2. The number of rotatable bonds is 6. The molecule has 2 aromatic carbocycles. The van der Waals surface area contributed by atoms with Crippen molar-refractivity contribution in [1.82, 2.24) is 15.3 Å². The Hall–Kier alpha value is -2.70. The molecule has 0 bridgehead atoms. The van der Waals surface area contributed by atoms with Gasteiger partial charge in [0.25, 0.3) is 5.91 Å². The smallest absolute Gasteiger partial charge is 0.252 e. The highest BCUT2D eigenvalue weighted by Crippen LogP contribution is 2.25. The van der Waals surface area contributed by atoms with E-state index in [0.717, 1.165) is 32.1 Å². The van der Waals surface area contributed by atoms with Gasteiger partial charge in [-0.3, -0.25) is 9.78 Å². The van der Waals surface area contributed by atoms with E-state index in [4.69, 9.17) is 0 Å². The lowest BCUT2D eigenvalue weighted by Gasteiger charge is -2.07. The predicted molar refractivity (Wildman–Crippen MR) is 117 cm³/mol. The van der Waals surface area contributed by atoms with E-state index >= 15 is 0 Å². The van der Waals surface area contributed by atoms with Crippen LogP contribution in [0, 0.1) is 0 Å². The van der Waals surface area contributed by atoms with Gasteiger partial charge in [0.1, 0.15) is 0 Å². The first kappa shape index (κ1) is 18.7. The molecule has 4 nitrogen and oxygen atoms in total. The maximum atomic E-state index is 12.5. The van der Waals surface area contributed by atoms with Crippen molar-refractivity contribution in [2.45, 2.75) is 11.3 Å². The van der Waals surface area contributed by atoms with Gasteiger partial charge in [0.05, 0.1) is 21.8 Å². The maximum Gasteiger partial charge on any atom is 0.252 e. The molecule has 0 aliphatic carbocycles. The third-order valence-electron chi connectivity index (χ3n) is 4.40. The van der Waals surface area contributed by atoms with E-state index in [9.17, 15) is 4.79 Å². The summed E-state index contributed by atoms with van der Waals surface area (Å²) in [5, 5.41) is 7.02. The van der Waals surface area contributed by atoms with E-state index in [0.29, 0.717) is 18.5 Å². The van der Waals surface area contributed by atoms with Gasteiger partial charge in [-0.1, -0.05) is 42.5 Å². The number of carbonyl (C=O) groups excluding carboxylic acids is 1. The van der Waals surface area contributed by atoms with Crippen LogP contribution in [0.2, 0.25) is 0 Å². The van der Waals surface area contributed by atoms with Crippen LogP contribution in [0.5, 0.6) is 0 Å². The Balaban J connectivity index is 1.38. The van der Waals surface area contributed by atoms with Crippen molar-refractivity contribution in [2.75, 3.05) is 12.8 Å². The Morgan fingerprint density at radius 3 is 2.82 bits per heavy atom. The Morgan fingerprint density at radius 1 is 1.14 bits per heavy atom. The minimum atomic E-state index is -0.108. The van der Waals surface area contributed by atoms with Gasteiger partial charge in [-0.25, -0.2) is 4.98 Å². The van der Waals surface area contributed by atoms with Crippen LogP contribution in [-0.2, 0) is 6.42 Å². The number of para-hydroxylation sites is 1. The molecule has 0 saturated heterocycles. The fourth-order valence-electron chi connectivity index (χ4n) is 2.97. The molecule has 140 valence electrons. The van der Waals surface area contributed by atoms with Crippen LogP contribution in [0.4, 0.5) is 0 Å². The van der Waals surface area contributed by atoms with E-state index < -0.39 is 0 Å². The van der Waals surface area contributed by atoms with Gasteiger partial charge in [-0.05, 0) is 18.4 Å². The van der Waals surface area contributed by atoms with Gasteiger partial charge in [0.2, 0.25) is 0 Å². The number of aromatic nitrogens is 2. The molecule has 0 fully saturated rings. The standard InChI is InChI=1S/C22H19N3OS2/c1-27-19-9-5-8-16-12-17(13-24-21(16)19)22(26)23-11-10-20-25-18(14-28-20)15-6-3-2-4-7-15/h2-9,12-14H,10-11H2,1H3,(H,23,26). The number of nitrogens with one attached hydrogen (secondary N) is 1. The first-order chi connectivity index (χ1) is 13.7. The number of carbonyl (C=O) groups is 1. The summed E-state index contributed by atoms with van der Waals surface area (Å²) < 4.78 is 0. The number of nitrogens with zero attached hydrogens (tertiary/aromatic N) is 2. The zero-order chi connectivity index (χ0) is 19.3. The fourth-order valence-corrected chi connectivity index (χ4v) is 4.36. The number of hydrogen-bond acceptors (Lipinski definition) is 5. The summed E-state index contributed by atoms with van der Waals surface area (Å²) in [4.78, 5) is 22.7. The summed E-state index contributed by atoms with van der Waals surface area (Å²) in [5.74, 6) is -0.108. The van der Waals surface area contributed by atoms with Gasteiger partial charge in [-0.15, -0.1) is 23.1 Å². The number of amides is 1. The van der Waals surface area contributed by atoms with Crippen molar-refractivity contribution < 1.29 is 4.79 Å². The van der Waals surface area contributed by atoms with Crippen molar-refractivity contribution in [3.05, 3.63) is 76.7 Å². The second-order valence-electron chi connectivity index (χ2n) is 6.25. The van der Waals surface area contributed by atoms with Crippen LogP contribution in [0.15, 0.2) is 71.1 Å². The molecule has 0 aliphatic rings. The average Bonchev–Trinajstić information content (AvgIpc) is 3.22. The Labute approximate surface area is 172 Å². The van der Waals surface area contributed by atoms with Gasteiger partial charge in [0.15, 0.2) is 0 Å².